The SMILES string of the molecule is Cn1cc([C@H]2CCCN2CCC(=O)NC2CCCCC2)cn1. The monoisotopic (exact) mass is 304 g/mol. The highest BCUT2D eigenvalue weighted by Crippen LogP contribution is 2.31. The number of nitrogens with zero attached hydrogens (tertiary/aromatic N) is 3. The molecule has 0 unspecified atom stereocenters. The second-order valence-electron chi connectivity index (χ2n) is 6.79. The number of amides is 1. The molecule has 1 aliphatic heterocycles. The molecular weight excluding hydrogens is 276 g/mol. The van der Waals surface area contributed by atoms with Crippen LogP contribution in [0, 0.1) is 0 Å². The standard InChI is InChI=1S/C17H28N4O/c1-20-13-14(12-18-20)16-8-5-10-21(16)11-9-17(22)19-15-6-3-2-4-7-15/h12-13,15-16H,2-11H2,1H3,(H,19,22)/t16-/m1/s1. The maximum absolute atomic E-state index is 12.2. The Kier molecular flexibility index (Phi) is 5.13. The van der Waals surface area contributed by atoms with Gasteiger partial charge in [0.2, 0.25) is 5.91 Å². The molecule has 3 rings (SSSR count). The molecule has 5 heteroatoms. The van der Waals surface area contributed by atoms with Crippen molar-refractivity contribution in [2.75, 3.05) is 13.1 Å². The molecule has 1 aromatic rings. The fourth-order valence-electron chi connectivity index (χ4n) is 3.88. The zero-order valence-electron chi connectivity index (χ0n) is 13.6. The fourth-order valence-corrected chi connectivity index (χ4v) is 3.88. The summed E-state index contributed by atoms with van der Waals surface area (Å²) in [5.41, 5.74) is 1.28. The Labute approximate surface area is 133 Å². The van der Waals surface area contributed by atoms with Crippen molar-refractivity contribution in [3.05, 3.63) is 18.0 Å². The van der Waals surface area contributed by atoms with E-state index in [-0.39, 0.29) is 5.91 Å². The van der Waals surface area contributed by atoms with Gasteiger partial charge in [0.25, 0.3) is 0 Å². The minimum Gasteiger partial charge on any atom is -0.353 e. The number of aromatic nitrogens is 2. The van der Waals surface area contributed by atoms with Crippen molar-refractivity contribution < 1.29 is 4.79 Å². The van der Waals surface area contributed by atoms with Crippen LogP contribution in [0.2, 0.25) is 0 Å². The lowest BCUT2D eigenvalue weighted by molar-refractivity contribution is -0.122. The summed E-state index contributed by atoms with van der Waals surface area (Å²) < 4.78 is 1.86. The smallest absolute Gasteiger partial charge is 0.221 e. The highest BCUT2D eigenvalue weighted by Gasteiger charge is 2.27. The first kappa shape index (κ1) is 15.5. The summed E-state index contributed by atoms with van der Waals surface area (Å²) in [6.07, 6.45) is 13.2. The highest BCUT2D eigenvalue weighted by molar-refractivity contribution is 5.76. The molecule has 1 saturated carbocycles. The number of carbonyl (C=O) groups is 1. The van der Waals surface area contributed by atoms with Crippen molar-refractivity contribution in [1.29, 1.82) is 0 Å². The summed E-state index contributed by atoms with van der Waals surface area (Å²) in [4.78, 5) is 14.6. The molecule has 5 nitrogen and oxygen atoms in total. The molecule has 1 amide bonds. The Morgan fingerprint density at radius 3 is 2.82 bits per heavy atom. The van der Waals surface area contributed by atoms with Crippen LogP contribution >= 0.6 is 0 Å². The second kappa shape index (κ2) is 7.27. The van der Waals surface area contributed by atoms with Gasteiger partial charge in [-0.25, -0.2) is 0 Å². The third-order valence-electron chi connectivity index (χ3n) is 5.07. The molecule has 22 heavy (non-hydrogen) atoms. The average Bonchev–Trinajstić information content (AvgIpc) is 3.14. The van der Waals surface area contributed by atoms with Gasteiger partial charge in [-0.05, 0) is 32.2 Å². The third-order valence-corrected chi connectivity index (χ3v) is 5.07. The van der Waals surface area contributed by atoms with Crippen LogP contribution < -0.4 is 5.32 Å². The van der Waals surface area contributed by atoms with Crippen molar-refractivity contribution in [1.82, 2.24) is 20.0 Å². The van der Waals surface area contributed by atoms with Gasteiger partial charge in [-0.1, -0.05) is 19.3 Å². The number of likely N-dealkylation sites (tertiary alicyclic amines) is 1. The molecule has 1 saturated heterocycles. The number of hydrogen-bond acceptors (Lipinski definition) is 3. The zero-order valence-corrected chi connectivity index (χ0v) is 13.6. The molecule has 2 aliphatic rings. The number of rotatable bonds is 5. The molecule has 0 aromatic carbocycles. The van der Waals surface area contributed by atoms with Gasteiger partial charge in [0.15, 0.2) is 0 Å². The van der Waals surface area contributed by atoms with E-state index in [9.17, 15) is 4.79 Å². The Morgan fingerprint density at radius 1 is 1.27 bits per heavy atom. The van der Waals surface area contributed by atoms with Crippen molar-refractivity contribution in [2.24, 2.45) is 7.05 Å². The highest BCUT2D eigenvalue weighted by atomic mass is 16.1. The predicted molar refractivity (Wildman–Crippen MR) is 86.4 cm³/mol. The summed E-state index contributed by atoms with van der Waals surface area (Å²) in [6, 6.07) is 0.866. The Bertz CT molecular complexity index is 493. The minimum atomic E-state index is 0.226. The van der Waals surface area contributed by atoms with E-state index in [4.69, 9.17) is 0 Å². The summed E-state index contributed by atoms with van der Waals surface area (Å²) in [6.45, 7) is 1.95. The topological polar surface area (TPSA) is 50.2 Å². The quantitative estimate of drug-likeness (QED) is 0.909. The van der Waals surface area contributed by atoms with E-state index in [0.717, 1.165) is 25.9 Å². The first-order valence-corrected chi connectivity index (χ1v) is 8.74. The van der Waals surface area contributed by atoms with Crippen molar-refractivity contribution in [2.45, 2.75) is 63.5 Å². The van der Waals surface area contributed by atoms with Gasteiger partial charge in [-0.15, -0.1) is 0 Å². The van der Waals surface area contributed by atoms with Crippen LogP contribution in [0.1, 0.15) is 63.0 Å². The van der Waals surface area contributed by atoms with Crippen LogP contribution in [-0.2, 0) is 11.8 Å². The van der Waals surface area contributed by atoms with Crippen LogP contribution in [0.15, 0.2) is 12.4 Å². The lowest BCUT2D eigenvalue weighted by Gasteiger charge is -2.25. The molecule has 1 aromatic heterocycles. The lowest BCUT2D eigenvalue weighted by Crippen LogP contribution is -2.38. The summed E-state index contributed by atoms with van der Waals surface area (Å²) >= 11 is 0. The fraction of sp³-hybridized carbons (Fsp3) is 0.765. The van der Waals surface area contributed by atoms with Gasteiger partial charge in [0.05, 0.1) is 6.20 Å². The van der Waals surface area contributed by atoms with Crippen LogP contribution in [0.5, 0.6) is 0 Å². The maximum atomic E-state index is 12.2. The molecule has 1 atom stereocenters. The third kappa shape index (κ3) is 3.88. The van der Waals surface area contributed by atoms with Crippen LogP contribution in [0.25, 0.3) is 0 Å². The van der Waals surface area contributed by atoms with Gasteiger partial charge >= 0.3 is 0 Å². The van der Waals surface area contributed by atoms with Crippen LogP contribution in [-0.4, -0.2) is 39.7 Å². The summed E-state index contributed by atoms with van der Waals surface area (Å²) in [7, 11) is 1.96. The van der Waals surface area contributed by atoms with E-state index >= 15 is 0 Å². The van der Waals surface area contributed by atoms with Crippen LogP contribution in [0.3, 0.4) is 0 Å². The van der Waals surface area contributed by atoms with Gasteiger partial charge in [-0.3, -0.25) is 14.4 Å². The predicted octanol–water partition coefficient (Wildman–Crippen LogP) is 2.40. The molecule has 2 fully saturated rings. The molecule has 0 radical (unpaired) electrons. The molecular formula is C17H28N4O. The Balaban J connectivity index is 1.46. The molecule has 1 N–H and O–H groups in total. The summed E-state index contributed by atoms with van der Waals surface area (Å²) in [5.74, 6) is 0.226. The summed E-state index contributed by atoms with van der Waals surface area (Å²) in [5, 5.41) is 7.50. The molecule has 2 heterocycles. The largest absolute Gasteiger partial charge is 0.353 e. The lowest BCUT2D eigenvalue weighted by atomic mass is 9.95. The molecule has 0 spiro atoms. The first-order valence-electron chi connectivity index (χ1n) is 8.74. The van der Waals surface area contributed by atoms with E-state index < -0.39 is 0 Å². The van der Waals surface area contributed by atoms with E-state index in [2.05, 4.69) is 21.5 Å². The van der Waals surface area contributed by atoms with E-state index in [1.807, 2.05) is 17.9 Å². The number of hydrogen-bond donors (Lipinski definition) is 1. The van der Waals surface area contributed by atoms with Gasteiger partial charge < -0.3 is 5.32 Å². The van der Waals surface area contributed by atoms with Crippen molar-refractivity contribution in [3.8, 4) is 0 Å². The zero-order chi connectivity index (χ0) is 15.4. The number of aryl methyl sites for hydroxylation is 1. The molecule has 0 bridgehead atoms. The number of nitrogens with one attached hydrogen (secondary N) is 1. The van der Waals surface area contributed by atoms with Crippen molar-refractivity contribution in [3.63, 3.8) is 0 Å². The molecule has 1 aliphatic carbocycles. The minimum absolute atomic E-state index is 0.226. The maximum Gasteiger partial charge on any atom is 0.221 e. The van der Waals surface area contributed by atoms with Gasteiger partial charge in [-0.2, -0.15) is 5.10 Å². The van der Waals surface area contributed by atoms with E-state index in [1.165, 1.54) is 37.7 Å². The Hall–Kier alpha value is -1.36. The normalized spacial score (nSPS) is 23.8. The van der Waals surface area contributed by atoms with Gasteiger partial charge in [0.1, 0.15) is 0 Å². The molecule has 122 valence electrons. The van der Waals surface area contributed by atoms with E-state index in [1.54, 1.807) is 0 Å². The van der Waals surface area contributed by atoms with Crippen LogP contribution in [0.4, 0.5) is 0 Å². The number of carbonyl (C=O) groups excluding carboxylic acids is 1. The van der Waals surface area contributed by atoms with Crippen molar-refractivity contribution >= 4 is 5.91 Å². The Morgan fingerprint density at radius 2 is 2.09 bits per heavy atom. The average molecular weight is 304 g/mol. The second-order valence-corrected chi connectivity index (χ2v) is 6.79. The van der Waals surface area contributed by atoms with Gasteiger partial charge in [0, 0.05) is 43.9 Å². The first-order chi connectivity index (χ1) is 10.7. The van der Waals surface area contributed by atoms with E-state index in [0.29, 0.717) is 18.5 Å².